The highest BCUT2D eigenvalue weighted by molar-refractivity contribution is 5.73. The van der Waals surface area contributed by atoms with E-state index in [1.165, 1.54) is 19.1 Å². The predicted octanol–water partition coefficient (Wildman–Crippen LogP) is 3.51. The minimum atomic E-state index is -0.752. The molecule has 6 rings (SSSR count). The number of imidazole rings is 1. The van der Waals surface area contributed by atoms with E-state index in [1.807, 2.05) is 6.07 Å². The Labute approximate surface area is 248 Å². The van der Waals surface area contributed by atoms with E-state index < -0.39 is 11.6 Å². The lowest BCUT2D eigenvalue weighted by Gasteiger charge is -2.43. The van der Waals surface area contributed by atoms with Crippen LogP contribution in [0.1, 0.15) is 38.1 Å². The highest BCUT2D eigenvalue weighted by atomic mass is 19.1. The van der Waals surface area contributed by atoms with Crippen LogP contribution in [0, 0.1) is 17.6 Å². The Morgan fingerprint density at radius 2 is 1.91 bits per heavy atom. The van der Waals surface area contributed by atoms with E-state index in [9.17, 15) is 4.79 Å². The van der Waals surface area contributed by atoms with Crippen molar-refractivity contribution in [3.05, 3.63) is 71.9 Å². The average Bonchev–Trinajstić information content (AvgIpc) is 3.37. The summed E-state index contributed by atoms with van der Waals surface area (Å²) in [7, 11) is 0. The zero-order chi connectivity index (χ0) is 30.1. The third kappa shape index (κ3) is 6.16. The molecule has 12 heteroatoms. The topological polar surface area (TPSA) is 120 Å². The number of fused-ring (bicyclic) bond motifs is 1. The molecule has 1 amide bonds. The molecule has 10 nitrogen and oxygen atoms in total. The van der Waals surface area contributed by atoms with Crippen molar-refractivity contribution in [2.45, 2.75) is 51.3 Å². The van der Waals surface area contributed by atoms with Gasteiger partial charge in [-0.25, -0.2) is 18.3 Å². The fourth-order valence-corrected chi connectivity index (χ4v) is 6.08. The number of nitrogens with two attached hydrogens (primary N) is 1. The molecule has 0 radical (unpaired) electrons. The summed E-state index contributed by atoms with van der Waals surface area (Å²) in [6.45, 7) is 5.96. The fourth-order valence-electron chi connectivity index (χ4n) is 6.08. The van der Waals surface area contributed by atoms with E-state index in [-0.39, 0.29) is 47.0 Å². The first kappa shape index (κ1) is 28.9. The number of carbonyl (C=O) groups is 1. The van der Waals surface area contributed by atoms with Gasteiger partial charge in [0.05, 0.1) is 36.2 Å². The van der Waals surface area contributed by atoms with E-state index in [0.29, 0.717) is 56.9 Å². The number of rotatable bonds is 7. The van der Waals surface area contributed by atoms with Gasteiger partial charge in [-0.1, -0.05) is 6.92 Å². The van der Waals surface area contributed by atoms with Crippen molar-refractivity contribution >= 4 is 17.1 Å². The number of amides is 1. The number of hydrogen-bond acceptors (Lipinski definition) is 8. The quantitative estimate of drug-likeness (QED) is 0.335. The van der Waals surface area contributed by atoms with Crippen molar-refractivity contribution in [2.75, 3.05) is 31.2 Å². The molecule has 0 spiro atoms. The highest BCUT2D eigenvalue weighted by Crippen LogP contribution is 2.31. The van der Waals surface area contributed by atoms with Crippen LogP contribution in [0.15, 0.2) is 48.9 Å². The number of ether oxygens (including phenoxy) is 2. The normalized spacial score (nSPS) is 21.2. The first-order valence-corrected chi connectivity index (χ1v) is 14.5. The maximum absolute atomic E-state index is 15.3. The average molecular weight is 592 g/mol. The van der Waals surface area contributed by atoms with Gasteiger partial charge in [0.25, 0.3) is 0 Å². The molecular weight excluding hydrogens is 556 g/mol. The largest absolute Gasteiger partial charge is 0.490 e. The minimum Gasteiger partial charge on any atom is -0.490 e. The van der Waals surface area contributed by atoms with Crippen molar-refractivity contribution in [1.29, 1.82) is 0 Å². The number of anilines is 1. The number of piperidine rings is 1. The van der Waals surface area contributed by atoms with E-state index in [2.05, 4.69) is 32.2 Å². The standard InChI is InChI=1S/C31H35F2N7O3/c1-18-16-39(17-26(34)31(18)37-19(2)41)28-5-8-35-14-20(28)11-29-36-15-21-3-4-27(38-40(21)29)30-24(32)12-23(13-25(30)33)43-22-6-9-42-10-7-22/h3-5,8,12-15,18,22,26,31H,6-7,9-11,16-17,34H2,1-2H3,(H,37,41)/t18-,26+,31-/m0/s1. The molecule has 0 bridgehead atoms. The number of halogens is 2. The smallest absolute Gasteiger partial charge is 0.217 e. The van der Waals surface area contributed by atoms with Gasteiger partial charge in [-0.2, -0.15) is 5.10 Å². The maximum Gasteiger partial charge on any atom is 0.217 e. The van der Waals surface area contributed by atoms with Crippen LogP contribution in [0.5, 0.6) is 5.75 Å². The molecule has 1 aromatic carbocycles. The number of nitrogens with zero attached hydrogens (tertiary/aromatic N) is 5. The Bertz CT molecular complexity index is 1590. The van der Waals surface area contributed by atoms with E-state index in [1.54, 1.807) is 35.2 Å². The molecule has 3 atom stereocenters. The molecule has 2 aliphatic heterocycles. The van der Waals surface area contributed by atoms with Crippen LogP contribution in [0.4, 0.5) is 14.5 Å². The van der Waals surface area contributed by atoms with Crippen molar-refractivity contribution in [3.8, 4) is 17.0 Å². The Kier molecular flexibility index (Phi) is 8.22. The first-order valence-electron chi connectivity index (χ1n) is 14.5. The molecule has 43 heavy (non-hydrogen) atoms. The summed E-state index contributed by atoms with van der Waals surface area (Å²) in [5.41, 5.74) is 8.96. The number of carbonyl (C=O) groups excluding carboxylic acids is 1. The van der Waals surface area contributed by atoms with Crippen LogP contribution < -0.4 is 20.7 Å². The molecule has 2 saturated heterocycles. The molecule has 5 heterocycles. The third-order valence-corrected chi connectivity index (χ3v) is 8.15. The lowest BCUT2D eigenvalue weighted by molar-refractivity contribution is -0.120. The maximum atomic E-state index is 15.3. The fraction of sp³-hybridized carbons (Fsp3) is 0.419. The van der Waals surface area contributed by atoms with Gasteiger partial charge < -0.3 is 25.4 Å². The number of hydrogen-bond donors (Lipinski definition) is 2. The molecule has 4 aromatic rings. The Balaban J connectivity index is 1.26. The van der Waals surface area contributed by atoms with Crippen LogP contribution in [0.3, 0.4) is 0 Å². The lowest BCUT2D eigenvalue weighted by atomic mass is 9.89. The van der Waals surface area contributed by atoms with Crippen molar-refractivity contribution in [3.63, 3.8) is 0 Å². The van der Waals surface area contributed by atoms with Gasteiger partial charge in [-0.15, -0.1) is 0 Å². The molecule has 0 saturated carbocycles. The molecule has 226 valence electrons. The number of nitrogens with one attached hydrogen (secondary N) is 1. The number of pyridine rings is 1. The van der Waals surface area contributed by atoms with Crippen LogP contribution in [-0.2, 0) is 16.0 Å². The molecule has 2 fully saturated rings. The van der Waals surface area contributed by atoms with E-state index >= 15 is 8.78 Å². The molecule has 2 aliphatic rings. The Morgan fingerprint density at radius 1 is 1.14 bits per heavy atom. The van der Waals surface area contributed by atoms with E-state index in [0.717, 1.165) is 11.3 Å². The molecule has 3 N–H and O–H groups in total. The van der Waals surface area contributed by atoms with Crippen molar-refractivity contribution in [2.24, 2.45) is 11.7 Å². The van der Waals surface area contributed by atoms with Gasteiger partial charge in [0.15, 0.2) is 0 Å². The van der Waals surface area contributed by atoms with Crippen LogP contribution in [0.25, 0.3) is 16.8 Å². The van der Waals surface area contributed by atoms with Crippen LogP contribution in [0.2, 0.25) is 0 Å². The van der Waals surface area contributed by atoms with Gasteiger partial charge in [-0.3, -0.25) is 9.78 Å². The second-order valence-electron chi connectivity index (χ2n) is 11.4. The summed E-state index contributed by atoms with van der Waals surface area (Å²) in [6, 6.07) is 7.32. The molecule has 0 unspecified atom stereocenters. The Morgan fingerprint density at radius 3 is 2.63 bits per heavy atom. The van der Waals surface area contributed by atoms with Crippen molar-refractivity contribution in [1.82, 2.24) is 24.9 Å². The lowest BCUT2D eigenvalue weighted by Crippen LogP contribution is -2.61. The number of aromatic nitrogens is 4. The summed E-state index contributed by atoms with van der Waals surface area (Å²) in [6.07, 6.45) is 6.78. The molecular formula is C31H35F2N7O3. The second-order valence-corrected chi connectivity index (χ2v) is 11.4. The summed E-state index contributed by atoms with van der Waals surface area (Å²) in [5.74, 6) is -0.728. The summed E-state index contributed by atoms with van der Waals surface area (Å²) in [4.78, 5) is 22.8. The highest BCUT2D eigenvalue weighted by Gasteiger charge is 2.34. The van der Waals surface area contributed by atoms with Gasteiger partial charge in [0, 0.05) is 87.1 Å². The summed E-state index contributed by atoms with van der Waals surface area (Å²) >= 11 is 0. The van der Waals surface area contributed by atoms with Gasteiger partial charge in [-0.05, 0) is 24.1 Å². The number of benzene rings is 1. The first-order chi connectivity index (χ1) is 20.8. The second kappa shape index (κ2) is 12.2. The minimum absolute atomic E-state index is 0.0950. The zero-order valence-corrected chi connectivity index (χ0v) is 24.2. The summed E-state index contributed by atoms with van der Waals surface area (Å²) in [5, 5.41) is 7.58. The van der Waals surface area contributed by atoms with Crippen LogP contribution >= 0.6 is 0 Å². The van der Waals surface area contributed by atoms with Gasteiger partial charge >= 0.3 is 0 Å². The zero-order valence-electron chi connectivity index (χ0n) is 24.2. The monoisotopic (exact) mass is 591 g/mol. The Hall–Kier alpha value is -4.16. The van der Waals surface area contributed by atoms with Crippen molar-refractivity contribution < 1.29 is 23.0 Å². The molecule has 3 aromatic heterocycles. The third-order valence-electron chi connectivity index (χ3n) is 8.15. The van der Waals surface area contributed by atoms with Crippen LogP contribution in [-0.4, -0.2) is 70.0 Å². The van der Waals surface area contributed by atoms with Gasteiger partial charge in [0.2, 0.25) is 5.91 Å². The molecule has 0 aliphatic carbocycles. The summed E-state index contributed by atoms with van der Waals surface area (Å²) < 4.78 is 43.3. The predicted molar refractivity (Wildman–Crippen MR) is 157 cm³/mol. The van der Waals surface area contributed by atoms with Gasteiger partial charge in [0.1, 0.15) is 29.3 Å². The SMILES string of the molecule is CC(=O)N[C@@H]1[C@H](N)CN(c2ccncc2Cc2ncc3ccc(-c4c(F)cc(OC5CCOCC5)cc4F)nn23)C[C@@H]1C. The van der Waals surface area contributed by atoms with E-state index in [4.69, 9.17) is 15.2 Å².